The zero-order valence-electron chi connectivity index (χ0n) is 14.6. The molecule has 3 rings (SSSR count). The van der Waals surface area contributed by atoms with E-state index in [0.717, 1.165) is 36.2 Å². The maximum absolute atomic E-state index is 11.6. The van der Waals surface area contributed by atoms with E-state index in [4.69, 9.17) is 0 Å². The molecule has 2 aromatic rings. The van der Waals surface area contributed by atoms with Gasteiger partial charge in [-0.25, -0.2) is 4.98 Å². The summed E-state index contributed by atoms with van der Waals surface area (Å²) in [5.74, 6) is 0.538. The summed E-state index contributed by atoms with van der Waals surface area (Å²) in [7, 11) is 0. The molecular weight excluding hydrogens is 322 g/mol. The Bertz CT molecular complexity index is 695. The van der Waals surface area contributed by atoms with E-state index in [2.05, 4.69) is 31.5 Å². The van der Waals surface area contributed by atoms with E-state index < -0.39 is 0 Å². The molecule has 130 valence electrons. The number of likely N-dealkylation sites (tertiary alicyclic amines) is 1. The summed E-state index contributed by atoms with van der Waals surface area (Å²) in [6.45, 7) is 9.22. The van der Waals surface area contributed by atoms with E-state index >= 15 is 0 Å². The molecule has 24 heavy (non-hydrogen) atoms. The van der Waals surface area contributed by atoms with Gasteiger partial charge in [0.1, 0.15) is 0 Å². The Morgan fingerprint density at radius 3 is 3.04 bits per heavy atom. The van der Waals surface area contributed by atoms with Crippen LogP contribution in [0.15, 0.2) is 11.4 Å². The van der Waals surface area contributed by atoms with E-state index in [1.807, 2.05) is 13.8 Å². The van der Waals surface area contributed by atoms with E-state index in [-0.39, 0.29) is 5.91 Å². The van der Waals surface area contributed by atoms with Crippen LogP contribution in [0.25, 0.3) is 0 Å². The molecule has 0 spiro atoms. The van der Waals surface area contributed by atoms with Crippen LogP contribution in [-0.2, 0) is 11.3 Å². The van der Waals surface area contributed by atoms with Gasteiger partial charge in [-0.3, -0.25) is 19.7 Å². The van der Waals surface area contributed by atoms with E-state index in [0.29, 0.717) is 12.5 Å². The third-order valence-corrected chi connectivity index (χ3v) is 5.41. The fourth-order valence-electron chi connectivity index (χ4n) is 3.30. The number of nitrogens with zero attached hydrogens (tertiary/aromatic N) is 4. The molecule has 1 aliphatic rings. The third kappa shape index (κ3) is 3.84. The molecule has 0 saturated carbocycles. The van der Waals surface area contributed by atoms with Crippen molar-refractivity contribution in [2.45, 2.75) is 46.1 Å². The molecule has 0 unspecified atom stereocenters. The summed E-state index contributed by atoms with van der Waals surface area (Å²) < 4.78 is 0. The summed E-state index contributed by atoms with van der Waals surface area (Å²) in [6, 6.07) is 2.15. The molecule has 3 heterocycles. The zero-order valence-corrected chi connectivity index (χ0v) is 15.4. The fourth-order valence-corrected chi connectivity index (χ4v) is 4.23. The summed E-state index contributed by atoms with van der Waals surface area (Å²) >= 11 is 1.55. The number of carbonyl (C=O) groups excluding carboxylic acids is 1. The largest absolute Gasteiger partial charge is 0.297 e. The molecule has 1 amide bonds. The van der Waals surface area contributed by atoms with Crippen molar-refractivity contribution in [1.82, 2.24) is 20.1 Å². The Hall–Kier alpha value is -1.73. The molecule has 1 fully saturated rings. The van der Waals surface area contributed by atoms with Gasteiger partial charge in [-0.15, -0.1) is 11.3 Å². The maximum Gasteiger partial charge on any atom is 0.225 e. The summed E-state index contributed by atoms with van der Waals surface area (Å²) in [5.41, 5.74) is 3.34. The van der Waals surface area contributed by atoms with Gasteiger partial charge in [0.25, 0.3) is 0 Å². The molecule has 7 heteroatoms. The van der Waals surface area contributed by atoms with Crippen molar-refractivity contribution in [2.75, 3.05) is 24.5 Å². The minimum absolute atomic E-state index is 0.0466. The van der Waals surface area contributed by atoms with Crippen molar-refractivity contribution in [3.05, 3.63) is 28.5 Å². The second kappa shape index (κ2) is 7.44. The number of thiazole rings is 1. The molecule has 1 N–H and O–H groups in total. The van der Waals surface area contributed by atoms with Gasteiger partial charge in [-0.2, -0.15) is 5.10 Å². The Morgan fingerprint density at radius 2 is 2.38 bits per heavy atom. The van der Waals surface area contributed by atoms with Gasteiger partial charge in [0.05, 0.1) is 11.4 Å². The average Bonchev–Trinajstić information content (AvgIpc) is 3.17. The number of anilines is 1. The number of aromatic nitrogens is 3. The number of H-pyrrole nitrogens is 1. The van der Waals surface area contributed by atoms with Crippen LogP contribution in [0.2, 0.25) is 0 Å². The van der Waals surface area contributed by atoms with Crippen LogP contribution in [0.5, 0.6) is 0 Å². The van der Waals surface area contributed by atoms with Crippen LogP contribution in [0.3, 0.4) is 0 Å². The lowest BCUT2D eigenvalue weighted by Gasteiger charge is -2.31. The number of hydrogen-bond donors (Lipinski definition) is 1. The average molecular weight is 347 g/mol. The molecule has 0 aliphatic carbocycles. The number of carbonyl (C=O) groups is 1. The van der Waals surface area contributed by atoms with Crippen molar-refractivity contribution < 1.29 is 4.79 Å². The number of hydrogen-bond acceptors (Lipinski definition) is 5. The number of nitrogens with one attached hydrogen (secondary N) is 1. The summed E-state index contributed by atoms with van der Waals surface area (Å²) in [4.78, 5) is 20.5. The smallest absolute Gasteiger partial charge is 0.225 e. The number of aromatic amines is 1. The first-order valence-corrected chi connectivity index (χ1v) is 9.41. The SMILES string of the molecule is CCN(C(C)=O)c1nc(CN2CCC[C@H](c3cc(C)[nH]n3)C2)cs1. The number of rotatable bonds is 5. The number of piperidine rings is 1. The van der Waals surface area contributed by atoms with Crippen molar-refractivity contribution in [3.63, 3.8) is 0 Å². The van der Waals surface area contributed by atoms with Gasteiger partial charge >= 0.3 is 0 Å². The van der Waals surface area contributed by atoms with Crippen molar-refractivity contribution in [2.24, 2.45) is 0 Å². The summed E-state index contributed by atoms with van der Waals surface area (Å²) in [5, 5.41) is 10.4. The predicted octanol–water partition coefficient (Wildman–Crippen LogP) is 2.93. The van der Waals surface area contributed by atoms with Gasteiger partial charge in [0.2, 0.25) is 5.91 Å². The monoisotopic (exact) mass is 347 g/mol. The first-order valence-electron chi connectivity index (χ1n) is 8.53. The Labute approximate surface area is 146 Å². The van der Waals surface area contributed by atoms with Gasteiger partial charge in [0, 0.05) is 43.5 Å². The third-order valence-electron chi connectivity index (χ3n) is 4.50. The highest BCUT2D eigenvalue weighted by Gasteiger charge is 2.24. The topological polar surface area (TPSA) is 65.1 Å². The standard InChI is InChI=1S/C17H25N5OS/c1-4-22(13(3)23)17-18-15(11-24-17)10-21-7-5-6-14(9-21)16-8-12(2)19-20-16/h8,11,14H,4-7,9-10H2,1-3H3,(H,19,20)/t14-/m0/s1. The lowest BCUT2D eigenvalue weighted by molar-refractivity contribution is -0.116. The van der Waals surface area contributed by atoms with Crippen molar-refractivity contribution in [1.29, 1.82) is 0 Å². The highest BCUT2D eigenvalue weighted by Crippen LogP contribution is 2.28. The van der Waals surface area contributed by atoms with Gasteiger partial charge < -0.3 is 0 Å². The van der Waals surface area contributed by atoms with Crippen LogP contribution < -0.4 is 4.90 Å². The van der Waals surface area contributed by atoms with E-state index in [1.165, 1.54) is 18.5 Å². The molecule has 2 aromatic heterocycles. The highest BCUT2D eigenvalue weighted by molar-refractivity contribution is 7.14. The highest BCUT2D eigenvalue weighted by atomic mass is 32.1. The van der Waals surface area contributed by atoms with Gasteiger partial charge in [-0.05, 0) is 39.3 Å². The number of amides is 1. The van der Waals surface area contributed by atoms with Crippen LogP contribution in [-0.4, -0.2) is 45.6 Å². The Morgan fingerprint density at radius 1 is 1.54 bits per heavy atom. The number of aryl methyl sites for hydroxylation is 1. The minimum atomic E-state index is 0.0466. The Kier molecular flexibility index (Phi) is 5.30. The summed E-state index contributed by atoms with van der Waals surface area (Å²) in [6.07, 6.45) is 2.37. The molecular formula is C17H25N5OS. The van der Waals surface area contributed by atoms with Gasteiger partial charge in [0.15, 0.2) is 5.13 Å². The first kappa shape index (κ1) is 17.1. The van der Waals surface area contributed by atoms with Crippen LogP contribution >= 0.6 is 11.3 Å². The lowest BCUT2D eigenvalue weighted by atomic mass is 9.94. The van der Waals surface area contributed by atoms with E-state index in [9.17, 15) is 4.79 Å². The molecule has 0 aromatic carbocycles. The fraction of sp³-hybridized carbons (Fsp3) is 0.588. The maximum atomic E-state index is 11.6. The Balaban J connectivity index is 1.63. The normalized spacial score (nSPS) is 18.7. The molecule has 6 nitrogen and oxygen atoms in total. The van der Waals surface area contributed by atoms with Crippen molar-refractivity contribution >= 4 is 22.4 Å². The zero-order chi connectivity index (χ0) is 17.1. The van der Waals surface area contributed by atoms with Gasteiger partial charge in [-0.1, -0.05) is 0 Å². The molecule has 1 saturated heterocycles. The first-order chi connectivity index (χ1) is 11.6. The lowest BCUT2D eigenvalue weighted by Crippen LogP contribution is -2.34. The second-order valence-electron chi connectivity index (χ2n) is 6.43. The predicted molar refractivity (Wildman–Crippen MR) is 96.4 cm³/mol. The molecule has 1 aliphatic heterocycles. The molecule has 0 radical (unpaired) electrons. The molecule has 1 atom stereocenters. The quantitative estimate of drug-likeness (QED) is 0.903. The second-order valence-corrected chi connectivity index (χ2v) is 7.27. The van der Waals surface area contributed by atoms with E-state index in [1.54, 1.807) is 23.2 Å². The molecule has 0 bridgehead atoms. The van der Waals surface area contributed by atoms with Crippen molar-refractivity contribution in [3.8, 4) is 0 Å². The van der Waals surface area contributed by atoms with Crippen LogP contribution in [0, 0.1) is 6.92 Å². The van der Waals surface area contributed by atoms with Crippen LogP contribution in [0.1, 0.15) is 49.7 Å². The van der Waals surface area contributed by atoms with Crippen LogP contribution in [0.4, 0.5) is 5.13 Å². The minimum Gasteiger partial charge on any atom is -0.297 e.